The fourth-order valence-corrected chi connectivity index (χ4v) is 2.47. The van der Waals surface area contributed by atoms with Crippen LogP contribution in [0, 0.1) is 6.92 Å². The summed E-state index contributed by atoms with van der Waals surface area (Å²) >= 11 is 11.3. The van der Waals surface area contributed by atoms with Gasteiger partial charge in [-0.3, -0.25) is 0 Å². The molecule has 2 aromatic carbocycles. The lowest BCUT2D eigenvalue weighted by molar-refractivity contribution is 0.922. The van der Waals surface area contributed by atoms with Gasteiger partial charge >= 0.3 is 0 Å². The van der Waals surface area contributed by atoms with E-state index in [2.05, 4.69) is 36.1 Å². The van der Waals surface area contributed by atoms with Crippen LogP contribution in [0.2, 0.25) is 5.02 Å². The maximum absolute atomic E-state index is 6.30. The molecular formula is C16H17ClN2S. The van der Waals surface area contributed by atoms with Crippen molar-refractivity contribution in [1.82, 2.24) is 0 Å². The molecule has 0 amide bonds. The zero-order valence-corrected chi connectivity index (χ0v) is 13.1. The van der Waals surface area contributed by atoms with Crippen molar-refractivity contribution in [3.63, 3.8) is 0 Å². The molecule has 0 heterocycles. The first-order valence-corrected chi connectivity index (χ1v) is 7.12. The molecule has 0 aliphatic rings. The maximum atomic E-state index is 6.30. The Morgan fingerprint density at radius 1 is 1.20 bits per heavy atom. The zero-order valence-electron chi connectivity index (χ0n) is 11.6. The molecule has 0 radical (unpaired) electrons. The molecule has 0 aliphatic carbocycles. The van der Waals surface area contributed by atoms with Gasteiger partial charge in [0.05, 0.1) is 10.7 Å². The van der Waals surface area contributed by atoms with Crippen molar-refractivity contribution in [1.29, 1.82) is 0 Å². The van der Waals surface area contributed by atoms with Gasteiger partial charge in [-0.25, -0.2) is 0 Å². The number of benzene rings is 2. The summed E-state index contributed by atoms with van der Waals surface area (Å²) in [4.78, 5) is 2.47. The van der Waals surface area contributed by atoms with Crippen molar-refractivity contribution in [2.75, 3.05) is 11.9 Å². The lowest BCUT2D eigenvalue weighted by Crippen LogP contribution is -2.17. The van der Waals surface area contributed by atoms with Gasteiger partial charge in [0.15, 0.2) is 0 Å². The SMILES string of the molecule is Cc1ccc(CN(C)c2ccc(C(N)=S)cc2Cl)cc1. The number of nitrogens with zero attached hydrogens (tertiary/aromatic N) is 1. The third-order valence-electron chi connectivity index (χ3n) is 3.18. The van der Waals surface area contributed by atoms with Crippen LogP contribution in [0.15, 0.2) is 42.5 Å². The molecule has 2 nitrogen and oxygen atoms in total. The lowest BCUT2D eigenvalue weighted by atomic mass is 10.1. The van der Waals surface area contributed by atoms with Crippen molar-refractivity contribution >= 4 is 34.5 Å². The molecule has 0 fully saturated rings. The Hall–Kier alpha value is -1.58. The van der Waals surface area contributed by atoms with E-state index in [1.54, 1.807) is 0 Å². The standard InChI is InChI=1S/C16H17ClN2S/c1-11-3-5-12(6-4-11)10-19(2)15-8-7-13(16(18)20)9-14(15)17/h3-9H,10H2,1-2H3,(H2,18,20). The largest absolute Gasteiger partial charge is 0.389 e. The summed E-state index contributed by atoms with van der Waals surface area (Å²) in [6.07, 6.45) is 0. The van der Waals surface area contributed by atoms with Crippen LogP contribution in [0.3, 0.4) is 0 Å². The zero-order chi connectivity index (χ0) is 14.7. The summed E-state index contributed by atoms with van der Waals surface area (Å²) in [7, 11) is 2.02. The highest BCUT2D eigenvalue weighted by atomic mass is 35.5. The van der Waals surface area contributed by atoms with Gasteiger partial charge in [0.2, 0.25) is 0 Å². The topological polar surface area (TPSA) is 29.3 Å². The molecule has 2 rings (SSSR count). The van der Waals surface area contributed by atoms with E-state index >= 15 is 0 Å². The average Bonchev–Trinajstić information content (AvgIpc) is 2.41. The Balaban J connectivity index is 2.18. The Bertz CT molecular complexity index is 623. The van der Waals surface area contributed by atoms with E-state index in [9.17, 15) is 0 Å². The second-order valence-corrected chi connectivity index (χ2v) is 5.72. The van der Waals surface area contributed by atoms with Gasteiger partial charge in [-0.05, 0) is 30.7 Å². The first-order chi connectivity index (χ1) is 9.47. The number of anilines is 1. The van der Waals surface area contributed by atoms with Gasteiger partial charge in [-0.1, -0.05) is 53.6 Å². The van der Waals surface area contributed by atoms with Gasteiger partial charge in [-0.15, -0.1) is 0 Å². The molecule has 20 heavy (non-hydrogen) atoms. The van der Waals surface area contributed by atoms with Crippen molar-refractivity contribution < 1.29 is 0 Å². The highest BCUT2D eigenvalue weighted by Crippen LogP contribution is 2.27. The van der Waals surface area contributed by atoms with Crippen molar-refractivity contribution in [3.05, 3.63) is 64.2 Å². The molecule has 0 atom stereocenters. The monoisotopic (exact) mass is 304 g/mol. The first kappa shape index (κ1) is 14.8. The molecule has 104 valence electrons. The van der Waals surface area contributed by atoms with Gasteiger partial charge in [0.25, 0.3) is 0 Å². The van der Waals surface area contributed by atoms with Gasteiger partial charge < -0.3 is 10.6 Å². The van der Waals surface area contributed by atoms with E-state index in [4.69, 9.17) is 29.6 Å². The minimum Gasteiger partial charge on any atom is -0.389 e. The molecule has 2 N–H and O–H groups in total. The molecule has 0 saturated carbocycles. The number of aryl methyl sites for hydroxylation is 1. The summed E-state index contributed by atoms with van der Waals surface area (Å²) in [5.74, 6) is 0. The molecule has 0 aliphatic heterocycles. The highest BCUT2D eigenvalue weighted by molar-refractivity contribution is 7.80. The summed E-state index contributed by atoms with van der Waals surface area (Å²) in [5, 5.41) is 0.657. The second kappa shape index (κ2) is 6.25. The molecule has 0 aromatic heterocycles. The van der Waals surface area contributed by atoms with E-state index in [-0.39, 0.29) is 0 Å². The maximum Gasteiger partial charge on any atom is 0.104 e. The van der Waals surface area contributed by atoms with E-state index in [0.29, 0.717) is 10.0 Å². The number of thiocarbonyl (C=S) groups is 1. The third kappa shape index (κ3) is 3.50. The Morgan fingerprint density at radius 3 is 2.40 bits per heavy atom. The number of hydrogen-bond acceptors (Lipinski definition) is 2. The van der Waals surface area contributed by atoms with Crippen molar-refractivity contribution in [2.45, 2.75) is 13.5 Å². The number of nitrogens with two attached hydrogens (primary N) is 1. The van der Waals surface area contributed by atoms with Crippen LogP contribution in [0.25, 0.3) is 0 Å². The molecule has 0 bridgehead atoms. The van der Waals surface area contributed by atoms with E-state index in [1.165, 1.54) is 11.1 Å². The number of rotatable bonds is 4. The average molecular weight is 305 g/mol. The van der Waals surface area contributed by atoms with Crippen LogP contribution >= 0.6 is 23.8 Å². The van der Waals surface area contributed by atoms with Crippen LogP contribution in [0.1, 0.15) is 16.7 Å². The minimum absolute atomic E-state index is 0.361. The Morgan fingerprint density at radius 2 is 1.85 bits per heavy atom. The molecular weight excluding hydrogens is 288 g/mol. The highest BCUT2D eigenvalue weighted by Gasteiger charge is 2.08. The van der Waals surface area contributed by atoms with Crippen LogP contribution in [0.5, 0.6) is 0 Å². The Kier molecular flexibility index (Phi) is 4.63. The lowest BCUT2D eigenvalue weighted by Gasteiger charge is -2.21. The van der Waals surface area contributed by atoms with Crippen LogP contribution in [0.4, 0.5) is 5.69 Å². The normalized spacial score (nSPS) is 10.3. The predicted octanol–water partition coefficient (Wildman–Crippen LogP) is 3.92. The van der Waals surface area contributed by atoms with Gasteiger partial charge in [0, 0.05) is 19.2 Å². The van der Waals surface area contributed by atoms with E-state index < -0.39 is 0 Å². The van der Waals surface area contributed by atoms with Gasteiger partial charge in [-0.2, -0.15) is 0 Å². The second-order valence-electron chi connectivity index (χ2n) is 4.87. The van der Waals surface area contributed by atoms with Crippen LogP contribution < -0.4 is 10.6 Å². The van der Waals surface area contributed by atoms with E-state index in [0.717, 1.165) is 17.8 Å². The molecule has 0 unspecified atom stereocenters. The van der Waals surface area contributed by atoms with Crippen molar-refractivity contribution in [3.8, 4) is 0 Å². The van der Waals surface area contributed by atoms with Crippen molar-refractivity contribution in [2.24, 2.45) is 5.73 Å². The predicted molar refractivity (Wildman–Crippen MR) is 90.6 cm³/mol. The third-order valence-corrected chi connectivity index (χ3v) is 3.72. The summed E-state index contributed by atoms with van der Waals surface area (Å²) in [6, 6.07) is 14.1. The molecule has 4 heteroatoms. The number of halogens is 1. The van der Waals surface area contributed by atoms with E-state index in [1.807, 2.05) is 25.2 Å². The Labute approximate surface area is 130 Å². The van der Waals surface area contributed by atoms with Crippen LogP contribution in [-0.2, 0) is 6.54 Å². The fourth-order valence-electron chi connectivity index (χ4n) is 2.02. The minimum atomic E-state index is 0.361. The summed E-state index contributed by atoms with van der Waals surface area (Å²) in [6.45, 7) is 2.88. The molecule has 0 saturated heterocycles. The molecule has 2 aromatic rings. The summed E-state index contributed by atoms with van der Waals surface area (Å²) < 4.78 is 0. The summed E-state index contributed by atoms with van der Waals surface area (Å²) in [5.41, 5.74) is 9.86. The number of hydrogen-bond donors (Lipinski definition) is 1. The van der Waals surface area contributed by atoms with Gasteiger partial charge in [0.1, 0.15) is 4.99 Å². The quantitative estimate of drug-likeness (QED) is 0.868. The fraction of sp³-hybridized carbons (Fsp3) is 0.188. The first-order valence-electron chi connectivity index (χ1n) is 6.33. The van der Waals surface area contributed by atoms with Crippen LogP contribution in [-0.4, -0.2) is 12.0 Å². The molecule has 0 spiro atoms. The smallest absolute Gasteiger partial charge is 0.104 e.